The Labute approximate surface area is 116 Å². The lowest BCUT2D eigenvalue weighted by atomic mass is 9.99. The molecule has 3 N–H and O–H groups in total. The molecule has 4 heteroatoms. The first-order valence-corrected chi connectivity index (χ1v) is 6.55. The molecule has 0 radical (unpaired) electrons. The highest BCUT2D eigenvalue weighted by molar-refractivity contribution is 9.10. The first-order valence-electron chi connectivity index (χ1n) is 5.76. The molecule has 0 fully saturated rings. The summed E-state index contributed by atoms with van der Waals surface area (Å²) in [6.07, 6.45) is 1.86. The SMILES string of the molecule is Cc1cc(Br)cc(C(NN)c2ccc(C)nc2)c1. The molecule has 2 rings (SSSR count). The zero-order chi connectivity index (χ0) is 13.1. The van der Waals surface area contributed by atoms with Gasteiger partial charge in [0.15, 0.2) is 0 Å². The number of rotatable bonds is 3. The molecule has 0 aliphatic heterocycles. The van der Waals surface area contributed by atoms with E-state index < -0.39 is 0 Å². The normalized spacial score (nSPS) is 12.4. The zero-order valence-corrected chi connectivity index (χ0v) is 12.0. The first kappa shape index (κ1) is 13.2. The largest absolute Gasteiger partial charge is 0.271 e. The van der Waals surface area contributed by atoms with E-state index in [4.69, 9.17) is 5.84 Å². The molecule has 18 heavy (non-hydrogen) atoms. The molecule has 1 atom stereocenters. The maximum absolute atomic E-state index is 5.68. The quantitative estimate of drug-likeness (QED) is 0.677. The van der Waals surface area contributed by atoms with Crippen molar-refractivity contribution in [2.45, 2.75) is 19.9 Å². The molecule has 0 bridgehead atoms. The van der Waals surface area contributed by atoms with Crippen LogP contribution >= 0.6 is 15.9 Å². The van der Waals surface area contributed by atoms with Gasteiger partial charge >= 0.3 is 0 Å². The number of hydrazine groups is 1. The lowest BCUT2D eigenvalue weighted by Gasteiger charge is -2.17. The van der Waals surface area contributed by atoms with Crippen LogP contribution in [0.3, 0.4) is 0 Å². The van der Waals surface area contributed by atoms with E-state index in [0.717, 1.165) is 21.3 Å². The van der Waals surface area contributed by atoms with Crippen molar-refractivity contribution >= 4 is 15.9 Å². The summed E-state index contributed by atoms with van der Waals surface area (Å²) in [6, 6.07) is 10.2. The van der Waals surface area contributed by atoms with Gasteiger partial charge in [-0.1, -0.05) is 28.1 Å². The van der Waals surface area contributed by atoms with Crippen LogP contribution in [0.4, 0.5) is 0 Å². The van der Waals surface area contributed by atoms with Gasteiger partial charge in [0.05, 0.1) is 6.04 Å². The molecule has 1 aromatic carbocycles. The van der Waals surface area contributed by atoms with Gasteiger partial charge < -0.3 is 0 Å². The molecular weight excluding hydrogens is 290 g/mol. The molecule has 0 amide bonds. The summed E-state index contributed by atoms with van der Waals surface area (Å²) in [5.74, 6) is 5.68. The van der Waals surface area contributed by atoms with Gasteiger partial charge in [-0.05, 0) is 48.7 Å². The summed E-state index contributed by atoms with van der Waals surface area (Å²) in [4.78, 5) is 4.31. The third kappa shape index (κ3) is 2.96. The van der Waals surface area contributed by atoms with Gasteiger partial charge in [-0.15, -0.1) is 0 Å². The van der Waals surface area contributed by atoms with E-state index in [-0.39, 0.29) is 6.04 Å². The number of hydrogen-bond donors (Lipinski definition) is 2. The third-order valence-corrected chi connectivity index (χ3v) is 3.29. The van der Waals surface area contributed by atoms with Gasteiger partial charge in [0.1, 0.15) is 0 Å². The molecule has 0 saturated carbocycles. The van der Waals surface area contributed by atoms with Crippen LogP contribution in [0.25, 0.3) is 0 Å². The van der Waals surface area contributed by atoms with Gasteiger partial charge in [0.25, 0.3) is 0 Å². The van der Waals surface area contributed by atoms with E-state index in [1.54, 1.807) is 0 Å². The average Bonchev–Trinajstić information content (AvgIpc) is 2.31. The Hall–Kier alpha value is -1.23. The Bertz CT molecular complexity index is 517. The number of nitrogens with two attached hydrogens (primary N) is 1. The van der Waals surface area contributed by atoms with Crippen molar-refractivity contribution < 1.29 is 0 Å². The minimum Gasteiger partial charge on any atom is -0.271 e. The Morgan fingerprint density at radius 3 is 2.50 bits per heavy atom. The summed E-state index contributed by atoms with van der Waals surface area (Å²) < 4.78 is 1.05. The molecule has 1 unspecified atom stereocenters. The second kappa shape index (κ2) is 5.61. The topological polar surface area (TPSA) is 50.9 Å². The molecule has 0 aliphatic rings. The molecular formula is C14H16BrN3. The van der Waals surface area contributed by atoms with Gasteiger partial charge in [0.2, 0.25) is 0 Å². The van der Waals surface area contributed by atoms with E-state index in [9.17, 15) is 0 Å². The maximum atomic E-state index is 5.68. The van der Waals surface area contributed by atoms with Gasteiger partial charge in [0, 0.05) is 16.4 Å². The molecule has 1 heterocycles. The number of aryl methyl sites for hydroxylation is 2. The molecule has 2 aromatic rings. The van der Waals surface area contributed by atoms with E-state index in [0.29, 0.717) is 0 Å². The Morgan fingerprint density at radius 1 is 1.17 bits per heavy atom. The maximum Gasteiger partial charge on any atom is 0.0725 e. The second-order valence-corrected chi connectivity index (χ2v) is 5.31. The highest BCUT2D eigenvalue weighted by Gasteiger charge is 2.13. The Morgan fingerprint density at radius 2 is 1.94 bits per heavy atom. The summed E-state index contributed by atoms with van der Waals surface area (Å²) in [6.45, 7) is 4.03. The second-order valence-electron chi connectivity index (χ2n) is 4.39. The van der Waals surface area contributed by atoms with Crippen LogP contribution in [0.15, 0.2) is 41.0 Å². The highest BCUT2D eigenvalue weighted by atomic mass is 79.9. The van der Waals surface area contributed by atoms with Crippen molar-refractivity contribution in [1.29, 1.82) is 0 Å². The molecule has 94 valence electrons. The minimum absolute atomic E-state index is 0.0469. The molecule has 0 saturated heterocycles. The van der Waals surface area contributed by atoms with Crippen LogP contribution in [-0.4, -0.2) is 4.98 Å². The summed E-state index contributed by atoms with van der Waals surface area (Å²) >= 11 is 3.51. The fourth-order valence-electron chi connectivity index (χ4n) is 1.97. The zero-order valence-electron chi connectivity index (χ0n) is 10.4. The average molecular weight is 306 g/mol. The fourth-order valence-corrected chi connectivity index (χ4v) is 2.59. The van der Waals surface area contributed by atoms with Crippen LogP contribution in [0.1, 0.15) is 28.4 Å². The fraction of sp³-hybridized carbons (Fsp3) is 0.214. The van der Waals surface area contributed by atoms with Crippen molar-refractivity contribution in [1.82, 2.24) is 10.4 Å². The Balaban J connectivity index is 2.41. The molecule has 3 nitrogen and oxygen atoms in total. The monoisotopic (exact) mass is 305 g/mol. The van der Waals surface area contributed by atoms with Crippen LogP contribution < -0.4 is 11.3 Å². The lowest BCUT2D eigenvalue weighted by Crippen LogP contribution is -2.29. The van der Waals surface area contributed by atoms with Gasteiger partial charge in [-0.3, -0.25) is 10.8 Å². The van der Waals surface area contributed by atoms with Crippen molar-refractivity contribution in [3.8, 4) is 0 Å². The van der Waals surface area contributed by atoms with Crippen molar-refractivity contribution in [2.24, 2.45) is 5.84 Å². The number of nitrogens with one attached hydrogen (secondary N) is 1. The number of halogens is 1. The molecule has 1 aromatic heterocycles. The van der Waals surface area contributed by atoms with Crippen molar-refractivity contribution in [2.75, 3.05) is 0 Å². The van der Waals surface area contributed by atoms with Crippen LogP contribution in [0.2, 0.25) is 0 Å². The summed E-state index contributed by atoms with van der Waals surface area (Å²) in [5.41, 5.74) is 7.22. The van der Waals surface area contributed by atoms with Gasteiger partial charge in [-0.2, -0.15) is 0 Å². The third-order valence-electron chi connectivity index (χ3n) is 2.83. The first-order chi connectivity index (χ1) is 8.60. The van der Waals surface area contributed by atoms with E-state index >= 15 is 0 Å². The number of hydrogen-bond acceptors (Lipinski definition) is 3. The van der Waals surface area contributed by atoms with E-state index in [2.05, 4.69) is 51.5 Å². The number of benzene rings is 1. The summed E-state index contributed by atoms with van der Waals surface area (Å²) in [7, 11) is 0. The Kier molecular flexibility index (Phi) is 4.11. The van der Waals surface area contributed by atoms with Crippen molar-refractivity contribution in [3.05, 3.63) is 63.4 Å². The lowest BCUT2D eigenvalue weighted by molar-refractivity contribution is 0.633. The smallest absolute Gasteiger partial charge is 0.0725 e. The number of nitrogens with zero attached hydrogens (tertiary/aromatic N) is 1. The van der Waals surface area contributed by atoms with Crippen LogP contribution in [-0.2, 0) is 0 Å². The van der Waals surface area contributed by atoms with Gasteiger partial charge in [-0.25, -0.2) is 5.43 Å². The van der Waals surface area contributed by atoms with E-state index in [1.807, 2.05) is 25.3 Å². The van der Waals surface area contributed by atoms with Crippen LogP contribution in [0, 0.1) is 13.8 Å². The number of pyridine rings is 1. The number of aromatic nitrogens is 1. The van der Waals surface area contributed by atoms with Crippen LogP contribution in [0.5, 0.6) is 0 Å². The highest BCUT2D eigenvalue weighted by Crippen LogP contribution is 2.25. The minimum atomic E-state index is -0.0469. The standard InChI is InChI=1S/C14H16BrN3/c1-9-5-12(7-13(15)6-9)14(18-16)11-4-3-10(2)17-8-11/h3-8,14,18H,16H2,1-2H3. The van der Waals surface area contributed by atoms with E-state index in [1.165, 1.54) is 5.56 Å². The molecule has 0 spiro atoms. The molecule has 0 aliphatic carbocycles. The predicted molar refractivity (Wildman–Crippen MR) is 77.0 cm³/mol. The van der Waals surface area contributed by atoms with Crippen molar-refractivity contribution in [3.63, 3.8) is 0 Å². The predicted octanol–water partition coefficient (Wildman–Crippen LogP) is 3.01. The summed E-state index contributed by atoms with van der Waals surface area (Å²) in [5, 5.41) is 0.